The number of nitrogen functional groups attached to an aromatic ring is 1. The van der Waals surface area contributed by atoms with Crippen molar-refractivity contribution in [1.29, 1.82) is 0 Å². The number of nitrogens with two attached hydrogens (primary N) is 1. The lowest BCUT2D eigenvalue weighted by atomic mass is 9.93. The molecule has 2 aliphatic rings. The quantitative estimate of drug-likeness (QED) is 0.466. The molecule has 0 bridgehead atoms. The molecule has 2 fully saturated rings. The third-order valence-corrected chi connectivity index (χ3v) is 7.60. The zero-order valence-corrected chi connectivity index (χ0v) is 20.4. The van der Waals surface area contributed by atoms with Gasteiger partial charge in [0.15, 0.2) is 0 Å². The van der Waals surface area contributed by atoms with Crippen molar-refractivity contribution in [3.05, 3.63) is 66.4 Å². The van der Waals surface area contributed by atoms with E-state index in [0.29, 0.717) is 17.1 Å². The monoisotopic (exact) mass is 481 g/mol. The van der Waals surface area contributed by atoms with Crippen LogP contribution in [0, 0.1) is 0 Å². The molecule has 0 spiro atoms. The van der Waals surface area contributed by atoms with E-state index in [4.69, 9.17) is 5.73 Å². The summed E-state index contributed by atoms with van der Waals surface area (Å²) in [7, 11) is 0. The summed E-state index contributed by atoms with van der Waals surface area (Å²) in [6.07, 6.45) is 8.46. The maximum atomic E-state index is 13.6. The number of hydrogen-bond donors (Lipinski definition) is 1. The summed E-state index contributed by atoms with van der Waals surface area (Å²) in [6.45, 7) is 4.17. The van der Waals surface area contributed by atoms with E-state index in [1.165, 1.54) is 42.5 Å². The van der Waals surface area contributed by atoms with Crippen molar-refractivity contribution >= 4 is 28.3 Å². The molecule has 1 saturated carbocycles. The lowest BCUT2D eigenvalue weighted by Crippen LogP contribution is -2.50. The molecule has 0 amide bonds. The highest BCUT2D eigenvalue weighted by Gasteiger charge is 2.27. The van der Waals surface area contributed by atoms with Crippen LogP contribution >= 0.6 is 0 Å². The van der Waals surface area contributed by atoms with E-state index >= 15 is 0 Å². The van der Waals surface area contributed by atoms with Gasteiger partial charge in [-0.25, -0.2) is 0 Å². The topological polar surface area (TPSA) is 93.2 Å². The van der Waals surface area contributed by atoms with Crippen LogP contribution in [0.2, 0.25) is 0 Å². The third kappa shape index (κ3) is 4.22. The van der Waals surface area contributed by atoms with Gasteiger partial charge in [-0.3, -0.25) is 14.7 Å². The Kier molecular flexibility index (Phi) is 6.11. The maximum absolute atomic E-state index is 13.6. The van der Waals surface area contributed by atoms with Crippen molar-refractivity contribution in [1.82, 2.24) is 24.6 Å². The molecule has 4 aromatic rings. The summed E-state index contributed by atoms with van der Waals surface area (Å²) in [4.78, 5) is 27.3. The molecule has 184 valence electrons. The smallest absolute Gasteiger partial charge is 0.282 e. The first-order valence-electron chi connectivity index (χ1n) is 12.9. The molecule has 2 aromatic carbocycles. The Hall–Kier alpha value is -3.78. The molecule has 0 atom stereocenters. The Morgan fingerprint density at radius 2 is 1.61 bits per heavy atom. The minimum atomic E-state index is -0.299. The van der Waals surface area contributed by atoms with Gasteiger partial charge in [0, 0.05) is 55.1 Å². The van der Waals surface area contributed by atoms with Crippen molar-refractivity contribution in [3.63, 3.8) is 0 Å². The number of aromatic nitrogens is 4. The van der Waals surface area contributed by atoms with E-state index < -0.39 is 0 Å². The molecule has 36 heavy (non-hydrogen) atoms. The SMILES string of the molecule is Nc1nc(-c2ccccn2)nn1C(=O)c1ccc(N2CCN(C3CCCCC3)CC2)c2ccccc12. The Morgan fingerprint density at radius 3 is 2.36 bits per heavy atom. The fourth-order valence-electron chi connectivity index (χ4n) is 5.71. The molecule has 8 heteroatoms. The second-order valence-electron chi connectivity index (χ2n) is 9.72. The van der Waals surface area contributed by atoms with Crippen LogP contribution in [0.15, 0.2) is 60.8 Å². The molecule has 1 aliphatic heterocycles. The second-order valence-corrected chi connectivity index (χ2v) is 9.72. The highest BCUT2D eigenvalue weighted by atomic mass is 16.2. The van der Waals surface area contributed by atoms with Crippen LogP contribution in [-0.4, -0.2) is 62.8 Å². The predicted octanol–water partition coefficient (Wildman–Crippen LogP) is 4.22. The van der Waals surface area contributed by atoms with Crippen molar-refractivity contribution in [2.24, 2.45) is 0 Å². The van der Waals surface area contributed by atoms with Crippen LogP contribution in [0.1, 0.15) is 42.5 Å². The fraction of sp³-hybridized carbons (Fsp3) is 0.357. The van der Waals surface area contributed by atoms with Crippen molar-refractivity contribution in [3.8, 4) is 11.5 Å². The van der Waals surface area contributed by atoms with Crippen molar-refractivity contribution in [2.45, 2.75) is 38.1 Å². The summed E-state index contributed by atoms with van der Waals surface area (Å²) in [5, 5.41) is 6.34. The first kappa shape index (κ1) is 22.7. The van der Waals surface area contributed by atoms with Gasteiger partial charge >= 0.3 is 0 Å². The Morgan fingerprint density at radius 1 is 0.861 bits per heavy atom. The van der Waals surface area contributed by atoms with Gasteiger partial charge in [-0.2, -0.15) is 9.67 Å². The van der Waals surface area contributed by atoms with E-state index in [2.05, 4.69) is 37.0 Å². The predicted molar refractivity (Wildman–Crippen MR) is 142 cm³/mol. The van der Waals surface area contributed by atoms with Crippen molar-refractivity contribution < 1.29 is 4.79 Å². The number of carbonyl (C=O) groups is 1. The van der Waals surface area contributed by atoms with E-state index in [1.807, 2.05) is 36.4 Å². The summed E-state index contributed by atoms with van der Waals surface area (Å²) in [6, 6.07) is 18.3. The number of hydrogen-bond acceptors (Lipinski definition) is 7. The largest absolute Gasteiger partial charge is 0.368 e. The molecule has 6 rings (SSSR count). The molecular formula is C28H31N7O. The molecule has 8 nitrogen and oxygen atoms in total. The van der Waals surface area contributed by atoms with Gasteiger partial charge in [-0.05, 0) is 42.5 Å². The molecular weight excluding hydrogens is 450 g/mol. The van der Waals surface area contributed by atoms with Gasteiger partial charge in [0.1, 0.15) is 5.69 Å². The van der Waals surface area contributed by atoms with Gasteiger partial charge in [-0.15, -0.1) is 5.10 Å². The zero-order chi connectivity index (χ0) is 24.5. The van der Waals surface area contributed by atoms with Crippen LogP contribution in [-0.2, 0) is 0 Å². The second kappa shape index (κ2) is 9.70. The van der Waals surface area contributed by atoms with Gasteiger partial charge in [0.05, 0.1) is 0 Å². The first-order valence-corrected chi connectivity index (χ1v) is 12.9. The van der Waals surface area contributed by atoms with Crippen molar-refractivity contribution in [2.75, 3.05) is 36.8 Å². The number of piperazine rings is 1. The number of anilines is 2. The van der Waals surface area contributed by atoms with Crippen LogP contribution in [0.4, 0.5) is 11.6 Å². The van der Waals surface area contributed by atoms with Gasteiger partial charge in [0.2, 0.25) is 11.8 Å². The Balaban J connectivity index is 1.28. The van der Waals surface area contributed by atoms with Gasteiger partial charge in [-0.1, -0.05) is 49.6 Å². The molecule has 1 saturated heterocycles. The lowest BCUT2D eigenvalue weighted by molar-refractivity contribution is 0.0949. The van der Waals surface area contributed by atoms with E-state index in [1.54, 1.807) is 12.3 Å². The normalized spacial score (nSPS) is 17.5. The van der Waals surface area contributed by atoms with Crippen LogP contribution in [0.5, 0.6) is 0 Å². The summed E-state index contributed by atoms with van der Waals surface area (Å²) >= 11 is 0. The minimum Gasteiger partial charge on any atom is -0.368 e. The van der Waals surface area contributed by atoms with Gasteiger partial charge < -0.3 is 10.6 Å². The minimum absolute atomic E-state index is 0.0487. The van der Waals surface area contributed by atoms with E-state index in [0.717, 1.165) is 43.0 Å². The Bertz CT molecular complexity index is 1370. The number of carbonyl (C=O) groups excluding carboxylic acids is 1. The number of nitrogens with zero attached hydrogens (tertiary/aromatic N) is 6. The highest BCUT2D eigenvalue weighted by molar-refractivity contribution is 6.11. The van der Waals surface area contributed by atoms with Gasteiger partial charge in [0.25, 0.3) is 5.91 Å². The third-order valence-electron chi connectivity index (χ3n) is 7.60. The van der Waals surface area contributed by atoms with Crippen LogP contribution in [0.3, 0.4) is 0 Å². The number of rotatable bonds is 4. The van der Waals surface area contributed by atoms with E-state index in [9.17, 15) is 4.79 Å². The summed E-state index contributed by atoms with van der Waals surface area (Å²) in [5.41, 5.74) is 8.41. The summed E-state index contributed by atoms with van der Waals surface area (Å²) in [5.74, 6) is 0.0814. The average Bonchev–Trinajstić information content (AvgIpc) is 3.34. The molecule has 3 heterocycles. The Labute approximate surface area is 210 Å². The maximum Gasteiger partial charge on any atom is 0.282 e. The molecule has 0 unspecified atom stereocenters. The summed E-state index contributed by atoms with van der Waals surface area (Å²) < 4.78 is 1.18. The van der Waals surface area contributed by atoms with E-state index in [-0.39, 0.29) is 11.9 Å². The standard InChI is InChI=1S/C28H31N7O/c29-28-31-26(24-12-6-7-15-30-24)32-35(28)27(36)23-13-14-25(22-11-5-4-10-21(22)23)34-18-16-33(17-19-34)20-8-2-1-3-9-20/h4-7,10-15,20H,1-3,8-9,16-19H2,(H2,29,31,32). The molecule has 1 aliphatic carbocycles. The molecule has 0 radical (unpaired) electrons. The number of fused-ring (bicyclic) bond motifs is 1. The number of benzene rings is 2. The average molecular weight is 482 g/mol. The number of pyridine rings is 1. The van der Waals surface area contributed by atoms with Crippen LogP contribution in [0.25, 0.3) is 22.3 Å². The zero-order valence-electron chi connectivity index (χ0n) is 20.4. The first-order chi connectivity index (χ1) is 17.7. The fourth-order valence-corrected chi connectivity index (χ4v) is 5.71. The van der Waals surface area contributed by atoms with Crippen LogP contribution < -0.4 is 10.6 Å². The molecule has 2 aromatic heterocycles. The molecule has 2 N–H and O–H groups in total. The lowest BCUT2D eigenvalue weighted by Gasteiger charge is -2.41. The highest BCUT2D eigenvalue weighted by Crippen LogP contribution is 2.32.